The molecule has 1 atom stereocenters. The van der Waals surface area contributed by atoms with Gasteiger partial charge in [-0.3, -0.25) is 4.40 Å². The maximum Gasteiger partial charge on any atom is 0.194 e. The molecule has 0 amide bonds. The minimum absolute atomic E-state index is 0.0455. The molecule has 0 fully saturated rings. The van der Waals surface area contributed by atoms with Crippen LogP contribution in [0.5, 0.6) is 0 Å². The van der Waals surface area contributed by atoms with E-state index in [-0.39, 0.29) is 11.9 Å². The van der Waals surface area contributed by atoms with Gasteiger partial charge in [-0.2, -0.15) is 0 Å². The number of thiazole rings is 1. The number of rotatable bonds is 4. The summed E-state index contributed by atoms with van der Waals surface area (Å²) in [5.74, 6) is -0.168. The second-order valence-corrected chi connectivity index (χ2v) is 6.48. The summed E-state index contributed by atoms with van der Waals surface area (Å²) in [6.45, 7) is 6.73. The molecule has 1 aromatic carbocycles. The van der Waals surface area contributed by atoms with Crippen LogP contribution in [0, 0.1) is 19.7 Å². The number of halogens is 1. The fourth-order valence-corrected chi connectivity index (χ4v) is 3.40. The Kier molecular flexibility index (Phi) is 3.78. The van der Waals surface area contributed by atoms with Crippen LogP contribution in [0.15, 0.2) is 30.5 Å². The molecule has 3 nitrogen and oxygen atoms in total. The van der Waals surface area contributed by atoms with Gasteiger partial charge in [0.2, 0.25) is 0 Å². The minimum Gasteiger partial charge on any atom is -0.304 e. The molecular weight excluding hydrogens is 285 g/mol. The normalized spacial score (nSPS) is 13.0. The largest absolute Gasteiger partial charge is 0.304 e. The van der Waals surface area contributed by atoms with E-state index in [4.69, 9.17) is 0 Å². The number of benzene rings is 1. The van der Waals surface area contributed by atoms with Crippen molar-refractivity contribution >= 4 is 16.3 Å². The standard InChI is InChI=1S/C16H18FN3S/c1-10-9-20-15(12(3)19-16(20)21-10)8-18-11(2)13-6-4-5-7-14(13)17/h4-7,9,11,18H,8H2,1-3H3/t11-/m1/s1. The smallest absolute Gasteiger partial charge is 0.194 e. The molecule has 21 heavy (non-hydrogen) atoms. The van der Waals surface area contributed by atoms with Gasteiger partial charge in [0.05, 0.1) is 11.4 Å². The van der Waals surface area contributed by atoms with Crippen LogP contribution in [-0.2, 0) is 6.54 Å². The number of nitrogens with zero attached hydrogens (tertiary/aromatic N) is 2. The molecule has 0 unspecified atom stereocenters. The zero-order chi connectivity index (χ0) is 15.0. The summed E-state index contributed by atoms with van der Waals surface area (Å²) in [5.41, 5.74) is 2.85. The number of fused-ring (bicyclic) bond motifs is 1. The fraction of sp³-hybridized carbons (Fsp3) is 0.312. The molecule has 0 spiro atoms. The lowest BCUT2D eigenvalue weighted by Gasteiger charge is -2.15. The second kappa shape index (κ2) is 5.58. The number of hydrogen-bond donors (Lipinski definition) is 1. The number of nitrogens with one attached hydrogen (secondary N) is 1. The summed E-state index contributed by atoms with van der Waals surface area (Å²) < 4.78 is 15.9. The topological polar surface area (TPSA) is 29.3 Å². The third-order valence-corrected chi connectivity index (χ3v) is 4.59. The van der Waals surface area contributed by atoms with Crippen molar-refractivity contribution in [1.82, 2.24) is 14.7 Å². The first-order chi connectivity index (χ1) is 10.1. The van der Waals surface area contributed by atoms with Crippen molar-refractivity contribution in [3.05, 3.63) is 58.1 Å². The Morgan fingerprint density at radius 1 is 1.33 bits per heavy atom. The Balaban J connectivity index is 1.80. The van der Waals surface area contributed by atoms with E-state index < -0.39 is 0 Å². The van der Waals surface area contributed by atoms with Gasteiger partial charge in [0.1, 0.15) is 5.82 Å². The maximum absolute atomic E-state index is 13.8. The van der Waals surface area contributed by atoms with Crippen LogP contribution in [0.3, 0.4) is 0 Å². The number of aromatic nitrogens is 2. The Bertz CT molecular complexity index is 775. The fourth-order valence-electron chi connectivity index (χ4n) is 2.51. The molecule has 0 aliphatic heterocycles. The van der Waals surface area contributed by atoms with E-state index in [1.54, 1.807) is 17.4 Å². The molecule has 5 heteroatoms. The molecule has 0 aliphatic rings. The molecule has 0 radical (unpaired) electrons. The average Bonchev–Trinajstić information content (AvgIpc) is 2.92. The quantitative estimate of drug-likeness (QED) is 0.789. The van der Waals surface area contributed by atoms with Crippen molar-refractivity contribution in [2.24, 2.45) is 0 Å². The lowest BCUT2D eigenvalue weighted by Crippen LogP contribution is -2.20. The van der Waals surface area contributed by atoms with E-state index in [0.717, 1.165) is 16.3 Å². The van der Waals surface area contributed by atoms with Gasteiger partial charge in [-0.15, -0.1) is 11.3 Å². The highest BCUT2D eigenvalue weighted by atomic mass is 32.1. The zero-order valence-electron chi connectivity index (χ0n) is 12.4. The van der Waals surface area contributed by atoms with E-state index in [1.165, 1.54) is 10.9 Å². The molecule has 0 saturated heterocycles. The number of imidazole rings is 1. The number of hydrogen-bond acceptors (Lipinski definition) is 3. The molecule has 0 bridgehead atoms. The highest BCUT2D eigenvalue weighted by molar-refractivity contribution is 7.17. The first-order valence-corrected chi connectivity index (χ1v) is 7.79. The van der Waals surface area contributed by atoms with Crippen LogP contribution < -0.4 is 5.32 Å². The SMILES string of the molecule is Cc1cn2c(CN[C@H](C)c3ccccc3F)c(C)nc2s1. The summed E-state index contributed by atoms with van der Waals surface area (Å²) in [6.07, 6.45) is 2.10. The van der Waals surface area contributed by atoms with Gasteiger partial charge in [-0.25, -0.2) is 9.37 Å². The van der Waals surface area contributed by atoms with Gasteiger partial charge in [-0.1, -0.05) is 18.2 Å². The summed E-state index contributed by atoms with van der Waals surface area (Å²) in [6, 6.07) is 6.85. The molecule has 1 N–H and O–H groups in total. The van der Waals surface area contributed by atoms with Crippen molar-refractivity contribution in [2.75, 3.05) is 0 Å². The molecule has 0 saturated carbocycles. The van der Waals surface area contributed by atoms with Gasteiger partial charge in [0, 0.05) is 29.2 Å². The highest BCUT2D eigenvalue weighted by Crippen LogP contribution is 2.22. The van der Waals surface area contributed by atoms with Crippen molar-refractivity contribution < 1.29 is 4.39 Å². The summed E-state index contributed by atoms with van der Waals surface area (Å²) in [7, 11) is 0. The lowest BCUT2D eigenvalue weighted by molar-refractivity contribution is 0.523. The summed E-state index contributed by atoms with van der Waals surface area (Å²) in [4.78, 5) is 6.82. The Labute approximate surface area is 127 Å². The second-order valence-electron chi connectivity index (χ2n) is 5.26. The third-order valence-electron chi connectivity index (χ3n) is 3.69. The Hall–Kier alpha value is -1.72. The molecule has 3 aromatic rings. The van der Waals surface area contributed by atoms with Crippen LogP contribution in [0.4, 0.5) is 4.39 Å². The van der Waals surface area contributed by atoms with Crippen molar-refractivity contribution in [3.8, 4) is 0 Å². The first-order valence-electron chi connectivity index (χ1n) is 6.98. The zero-order valence-corrected chi connectivity index (χ0v) is 13.2. The summed E-state index contributed by atoms with van der Waals surface area (Å²) in [5, 5.41) is 3.39. The molecule has 2 heterocycles. The molecular formula is C16H18FN3S. The predicted molar refractivity (Wildman–Crippen MR) is 84.2 cm³/mol. The van der Waals surface area contributed by atoms with Gasteiger partial charge in [-0.05, 0) is 26.8 Å². The molecule has 0 aliphatic carbocycles. The number of aryl methyl sites for hydroxylation is 2. The van der Waals surface area contributed by atoms with Crippen LogP contribution in [0.1, 0.15) is 34.8 Å². The van der Waals surface area contributed by atoms with Crippen LogP contribution in [0.25, 0.3) is 4.96 Å². The monoisotopic (exact) mass is 303 g/mol. The van der Waals surface area contributed by atoms with Gasteiger partial charge in [0.15, 0.2) is 4.96 Å². The Morgan fingerprint density at radius 3 is 2.86 bits per heavy atom. The van der Waals surface area contributed by atoms with Crippen molar-refractivity contribution in [2.45, 2.75) is 33.4 Å². The van der Waals surface area contributed by atoms with E-state index in [0.29, 0.717) is 12.1 Å². The third kappa shape index (κ3) is 2.71. The summed E-state index contributed by atoms with van der Waals surface area (Å²) >= 11 is 1.68. The highest BCUT2D eigenvalue weighted by Gasteiger charge is 2.14. The van der Waals surface area contributed by atoms with Crippen molar-refractivity contribution in [1.29, 1.82) is 0 Å². The molecule has 3 rings (SSSR count). The van der Waals surface area contributed by atoms with E-state index in [9.17, 15) is 4.39 Å². The van der Waals surface area contributed by atoms with Crippen LogP contribution in [0.2, 0.25) is 0 Å². The minimum atomic E-state index is -0.168. The van der Waals surface area contributed by atoms with Crippen molar-refractivity contribution in [3.63, 3.8) is 0 Å². The first kappa shape index (κ1) is 14.2. The van der Waals surface area contributed by atoms with E-state index in [2.05, 4.69) is 27.8 Å². The van der Waals surface area contributed by atoms with Gasteiger partial charge >= 0.3 is 0 Å². The lowest BCUT2D eigenvalue weighted by atomic mass is 10.1. The average molecular weight is 303 g/mol. The van der Waals surface area contributed by atoms with Crippen LogP contribution in [-0.4, -0.2) is 9.38 Å². The van der Waals surface area contributed by atoms with Crippen LogP contribution >= 0.6 is 11.3 Å². The Morgan fingerprint density at radius 2 is 2.10 bits per heavy atom. The van der Waals surface area contributed by atoms with Gasteiger partial charge < -0.3 is 5.32 Å². The van der Waals surface area contributed by atoms with Gasteiger partial charge in [0.25, 0.3) is 0 Å². The predicted octanol–water partition coefficient (Wildman–Crippen LogP) is 4.00. The molecule has 2 aromatic heterocycles. The molecule has 110 valence electrons. The van der Waals surface area contributed by atoms with E-state index in [1.807, 2.05) is 26.0 Å². The van der Waals surface area contributed by atoms with E-state index >= 15 is 0 Å². The maximum atomic E-state index is 13.8.